The summed E-state index contributed by atoms with van der Waals surface area (Å²) in [6, 6.07) is 12.3. The van der Waals surface area contributed by atoms with Crippen molar-refractivity contribution in [3.8, 4) is 0 Å². The third-order valence-corrected chi connectivity index (χ3v) is 3.99. The van der Waals surface area contributed by atoms with E-state index < -0.39 is 12.0 Å². The molecule has 0 fully saturated rings. The highest BCUT2D eigenvalue weighted by Gasteiger charge is 2.23. The monoisotopic (exact) mass is 303 g/mol. The van der Waals surface area contributed by atoms with E-state index >= 15 is 0 Å². The second kappa shape index (κ2) is 7.59. The van der Waals surface area contributed by atoms with E-state index in [0.29, 0.717) is 18.4 Å². The summed E-state index contributed by atoms with van der Waals surface area (Å²) >= 11 is 1.62. The Labute approximate surface area is 127 Å². The van der Waals surface area contributed by atoms with Crippen molar-refractivity contribution in [2.24, 2.45) is 0 Å². The van der Waals surface area contributed by atoms with Gasteiger partial charge >= 0.3 is 5.97 Å². The van der Waals surface area contributed by atoms with Crippen molar-refractivity contribution in [3.05, 3.63) is 58.3 Å². The SMILES string of the molecule is COC(=O)[C@@H](NC(=O)CCc1cccs1)c1ccccc1. The number of rotatable bonds is 6. The fourth-order valence-electron chi connectivity index (χ4n) is 1.97. The number of carbonyl (C=O) groups excluding carboxylic acids is 2. The highest BCUT2D eigenvalue weighted by Crippen LogP contribution is 2.15. The van der Waals surface area contributed by atoms with Gasteiger partial charge in [-0.05, 0) is 23.4 Å². The molecule has 4 nitrogen and oxygen atoms in total. The lowest BCUT2D eigenvalue weighted by Gasteiger charge is -2.16. The maximum absolute atomic E-state index is 12.0. The van der Waals surface area contributed by atoms with Crippen LogP contribution in [-0.4, -0.2) is 19.0 Å². The van der Waals surface area contributed by atoms with Crippen LogP contribution < -0.4 is 5.32 Å². The van der Waals surface area contributed by atoms with Gasteiger partial charge in [0, 0.05) is 11.3 Å². The third-order valence-electron chi connectivity index (χ3n) is 3.05. The second-order valence-corrected chi connectivity index (χ2v) is 5.55. The standard InChI is InChI=1S/C16H17NO3S/c1-20-16(19)15(12-6-3-2-4-7-12)17-14(18)10-9-13-8-5-11-21-13/h2-8,11,15H,9-10H2,1H3,(H,17,18)/t15-/m0/s1. The van der Waals surface area contributed by atoms with Gasteiger partial charge in [0.1, 0.15) is 0 Å². The van der Waals surface area contributed by atoms with Crippen LogP contribution >= 0.6 is 11.3 Å². The molecule has 1 amide bonds. The third kappa shape index (κ3) is 4.43. The fourth-order valence-corrected chi connectivity index (χ4v) is 2.68. The second-order valence-electron chi connectivity index (χ2n) is 4.51. The molecule has 0 unspecified atom stereocenters. The van der Waals surface area contributed by atoms with Crippen LogP contribution in [0.5, 0.6) is 0 Å². The Bertz CT molecular complexity index is 581. The molecule has 0 aliphatic rings. The lowest BCUT2D eigenvalue weighted by molar-refractivity contribution is -0.145. The molecule has 1 N–H and O–H groups in total. The predicted octanol–water partition coefficient (Wildman–Crippen LogP) is 2.71. The number of aryl methyl sites for hydroxylation is 1. The number of thiophene rings is 1. The molecule has 1 aromatic carbocycles. The molecule has 2 rings (SSSR count). The van der Waals surface area contributed by atoms with E-state index in [0.717, 1.165) is 4.88 Å². The molecule has 0 bridgehead atoms. The first-order chi connectivity index (χ1) is 10.2. The van der Waals surface area contributed by atoms with Crippen molar-refractivity contribution in [1.29, 1.82) is 0 Å². The molecule has 0 saturated heterocycles. The van der Waals surface area contributed by atoms with Crippen LogP contribution in [0.15, 0.2) is 47.8 Å². The van der Waals surface area contributed by atoms with Gasteiger partial charge in [-0.1, -0.05) is 36.4 Å². The number of carbonyl (C=O) groups is 2. The number of amides is 1. The average molecular weight is 303 g/mol. The van der Waals surface area contributed by atoms with E-state index in [2.05, 4.69) is 5.32 Å². The number of ether oxygens (including phenoxy) is 1. The number of esters is 1. The number of hydrogen-bond acceptors (Lipinski definition) is 4. The van der Waals surface area contributed by atoms with E-state index in [-0.39, 0.29) is 5.91 Å². The van der Waals surface area contributed by atoms with E-state index in [1.54, 1.807) is 23.5 Å². The molecule has 1 heterocycles. The van der Waals surface area contributed by atoms with Crippen molar-refractivity contribution in [1.82, 2.24) is 5.32 Å². The summed E-state index contributed by atoms with van der Waals surface area (Å²) in [5.74, 6) is -0.631. The van der Waals surface area contributed by atoms with Crippen molar-refractivity contribution in [2.75, 3.05) is 7.11 Å². The molecule has 0 aliphatic heterocycles. The fraction of sp³-hybridized carbons (Fsp3) is 0.250. The molecule has 110 valence electrons. The van der Waals surface area contributed by atoms with Gasteiger partial charge < -0.3 is 10.1 Å². The van der Waals surface area contributed by atoms with Gasteiger partial charge in [-0.3, -0.25) is 4.79 Å². The van der Waals surface area contributed by atoms with Crippen LogP contribution in [0.3, 0.4) is 0 Å². The van der Waals surface area contributed by atoms with E-state index in [4.69, 9.17) is 4.74 Å². The zero-order valence-electron chi connectivity index (χ0n) is 11.7. The normalized spacial score (nSPS) is 11.7. The molecule has 0 spiro atoms. The number of nitrogens with one attached hydrogen (secondary N) is 1. The molecular weight excluding hydrogens is 286 g/mol. The zero-order chi connectivity index (χ0) is 15.1. The molecule has 1 atom stereocenters. The summed E-state index contributed by atoms with van der Waals surface area (Å²) in [4.78, 5) is 25.0. The minimum atomic E-state index is -0.757. The Morgan fingerprint density at radius 2 is 1.95 bits per heavy atom. The van der Waals surface area contributed by atoms with Crippen molar-refractivity contribution in [2.45, 2.75) is 18.9 Å². The molecule has 5 heteroatoms. The number of hydrogen-bond donors (Lipinski definition) is 1. The molecule has 0 radical (unpaired) electrons. The first-order valence-corrected chi connectivity index (χ1v) is 7.53. The maximum atomic E-state index is 12.0. The Balaban J connectivity index is 1.98. The van der Waals surface area contributed by atoms with Crippen molar-refractivity contribution < 1.29 is 14.3 Å². The first-order valence-electron chi connectivity index (χ1n) is 6.65. The van der Waals surface area contributed by atoms with Crippen LogP contribution in [0, 0.1) is 0 Å². The number of benzene rings is 1. The molecule has 0 saturated carbocycles. The van der Waals surface area contributed by atoms with Crippen molar-refractivity contribution in [3.63, 3.8) is 0 Å². The Kier molecular flexibility index (Phi) is 5.51. The zero-order valence-corrected chi connectivity index (χ0v) is 12.6. The van der Waals surface area contributed by atoms with Crippen LogP contribution in [0.2, 0.25) is 0 Å². The summed E-state index contributed by atoms with van der Waals surface area (Å²) < 4.78 is 4.77. The Morgan fingerprint density at radius 1 is 1.19 bits per heavy atom. The first kappa shape index (κ1) is 15.3. The molecule has 0 aliphatic carbocycles. The topological polar surface area (TPSA) is 55.4 Å². The maximum Gasteiger partial charge on any atom is 0.333 e. The van der Waals surface area contributed by atoms with Crippen LogP contribution in [-0.2, 0) is 20.7 Å². The summed E-state index contributed by atoms with van der Waals surface area (Å²) in [5.41, 5.74) is 0.717. The highest BCUT2D eigenvalue weighted by atomic mass is 32.1. The highest BCUT2D eigenvalue weighted by molar-refractivity contribution is 7.09. The quantitative estimate of drug-likeness (QED) is 0.835. The van der Waals surface area contributed by atoms with Gasteiger partial charge in [0.15, 0.2) is 6.04 Å². The van der Waals surface area contributed by atoms with Crippen LogP contribution in [0.4, 0.5) is 0 Å². The smallest absolute Gasteiger partial charge is 0.333 e. The summed E-state index contributed by atoms with van der Waals surface area (Å²) in [5, 5.41) is 4.72. The lowest BCUT2D eigenvalue weighted by Crippen LogP contribution is -2.34. The van der Waals surface area contributed by atoms with Gasteiger partial charge in [0.2, 0.25) is 5.91 Å². The summed E-state index contributed by atoms with van der Waals surface area (Å²) in [7, 11) is 1.32. The van der Waals surface area contributed by atoms with Gasteiger partial charge in [-0.25, -0.2) is 4.79 Å². The Morgan fingerprint density at radius 3 is 2.57 bits per heavy atom. The minimum Gasteiger partial charge on any atom is -0.467 e. The van der Waals surface area contributed by atoms with E-state index in [9.17, 15) is 9.59 Å². The molecule has 1 aromatic heterocycles. The van der Waals surface area contributed by atoms with E-state index in [1.807, 2.05) is 35.7 Å². The summed E-state index contributed by atoms with van der Waals surface area (Å²) in [6.45, 7) is 0. The lowest BCUT2D eigenvalue weighted by atomic mass is 10.1. The average Bonchev–Trinajstić information content (AvgIpc) is 3.04. The largest absolute Gasteiger partial charge is 0.467 e. The molecule has 2 aromatic rings. The van der Waals surface area contributed by atoms with Crippen LogP contribution in [0.1, 0.15) is 22.9 Å². The van der Waals surface area contributed by atoms with Crippen molar-refractivity contribution >= 4 is 23.2 Å². The van der Waals surface area contributed by atoms with Gasteiger partial charge in [-0.2, -0.15) is 0 Å². The van der Waals surface area contributed by atoms with Gasteiger partial charge in [-0.15, -0.1) is 11.3 Å². The van der Waals surface area contributed by atoms with Crippen LogP contribution in [0.25, 0.3) is 0 Å². The van der Waals surface area contributed by atoms with E-state index in [1.165, 1.54) is 7.11 Å². The van der Waals surface area contributed by atoms with Gasteiger partial charge in [0.25, 0.3) is 0 Å². The number of methoxy groups -OCH3 is 1. The summed E-state index contributed by atoms with van der Waals surface area (Å²) in [6.07, 6.45) is 1.02. The molecular formula is C16H17NO3S. The predicted molar refractivity (Wildman–Crippen MR) is 82.0 cm³/mol. The molecule has 21 heavy (non-hydrogen) atoms. The Hall–Kier alpha value is -2.14. The minimum absolute atomic E-state index is 0.164. The van der Waals surface area contributed by atoms with Gasteiger partial charge in [0.05, 0.1) is 7.11 Å².